The highest BCUT2D eigenvalue weighted by molar-refractivity contribution is 7.89. The Kier molecular flexibility index (Phi) is 4.44. The molecule has 0 saturated heterocycles. The van der Waals surface area contributed by atoms with E-state index in [0.29, 0.717) is 0 Å². The molecule has 0 radical (unpaired) electrons. The van der Waals surface area contributed by atoms with Gasteiger partial charge in [-0.05, 0) is 24.8 Å². The van der Waals surface area contributed by atoms with Crippen molar-refractivity contribution in [1.29, 1.82) is 0 Å². The molecule has 1 aromatic rings. The molecule has 0 amide bonds. The number of aliphatic carboxylic acids is 1. The number of carbonyl (C=O) groups is 1. The number of carboxylic acids is 1. The molecule has 1 saturated carbocycles. The maximum atomic E-state index is 12.2. The molecule has 20 heavy (non-hydrogen) atoms. The molecule has 1 heterocycles. The summed E-state index contributed by atoms with van der Waals surface area (Å²) in [5, 5.41) is 13.1. The van der Waals surface area contributed by atoms with E-state index in [9.17, 15) is 18.3 Å². The highest BCUT2D eigenvalue weighted by Gasteiger charge is 2.34. The largest absolute Gasteiger partial charge is 0.480 e. The summed E-state index contributed by atoms with van der Waals surface area (Å²) < 4.78 is 28.0. The monoisotopic (exact) mass is 301 g/mol. The first-order chi connectivity index (χ1) is 9.42. The fraction of sp³-hybridized carbons (Fsp3) is 0.667. The Bertz CT molecular complexity index is 575. The van der Waals surface area contributed by atoms with Crippen molar-refractivity contribution in [3.05, 3.63) is 12.3 Å². The Hall–Kier alpha value is -1.41. The van der Waals surface area contributed by atoms with Gasteiger partial charge in [0.15, 0.2) is 5.03 Å². The number of nitrogens with zero attached hydrogens (tertiary/aromatic N) is 2. The lowest BCUT2D eigenvalue weighted by Gasteiger charge is -2.27. The predicted molar refractivity (Wildman–Crippen MR) is 71.5 cm³/mol. The van der Waals surface area contributed by atoms with Gasteiger partial charge in [0, 0.05) is 7.05 Å². The van der Waals surface area contributed by atoms with Gasteiger partial charge in [0.2, 0.25) is 0 Å². The van der Waals surface area contributed by atoms with E-state index < -0.39 is 22.0 Å². The van der Waals surface area contributed by atoms with Crippen LogP contribution in [0.3, 0.4) is 0 Å². The second-order valence-corrected chi connectivity index (χ2v) is 6.79. The highest BCUT2D eigenvalue weighted by atomic mass is 32.2. The van der Waals surface area contributed by atoms with Gasteiger partial charge in [-0.3, -0.25) is 9.48 Å². The molecule has 1 aromatic heterocycles. The van der Waals surface area contributed by atoms with Gasteiger partial charge in [-0.15, -0.1) is 0 Å². The van der Waals surface area contributed by atoms with E-state index in [0.717, 1.165) is 32.1 Å². The van der Waals surface area contributed by atoms with Crippen molar-refractivity contribution in [2.75, 3.05) is 0 Å². The zero-order valence-corrected chi connectivity index (χ0v) is 12.1. The van der Waals surface area contributed by atoms with Gasteiger partial charge in [0.05, 0.1) is 6.20 Å². The first-order valence-corrected chi connectivity index (χ1v) is 8.13. The number of hydrogen-bond acceptors (Lipinski definition) is 4. The molecule has 1 fully saturated rings. The Labute approximate surface area is 118 Å². The van der Waals surface area contributed by atoms with Crippen LogP contribution in [0.2, 0.25) is 0 Å². The van der Waals surface area contributed by atoms with Crippen molar-refractivity contribution < 1.29 is 18.3 Å². The zero-order valence-electron chi connectivity index (χ0n) is 11.3. The van der Waals surface area contributed by atoms with Crippen molar-refractivity contribution in [3.8, 4) is 0 Å². The third-order valence-electron chi connectivity index (χ3n) is 3.72. The highest BCUT2D eigenvalue weighted by Crippen LogP contribution is 2.27. The molecule has 1 atom stereocenters. The van der Waals surface area contributed by atoms with Crippen LogP contribution in [0.5, 0.6) is 0 Å². The molecule has 1 aliphatic rings. The standard InChI is InChI=1S/C12H19N3O4S/c1-15-10(7-8-13-15)20(18,19)14-11(12(16)17)9-5-3-2-4-6-9/h7-9,11,14H,2-6H2,1H3,(H,16,17). The lowest BCUT2D eigenvalue weighted by molar-refractivity contribution is -0.140. The van der Waals surface area contributed by atoms with Crippen molar-refractivity contribution in [3.63, 3.8) is 0 Å². The molecule has 0 aliphatic heterocycles. The van der Waals surface area contributed by atoms with Crippen LogP contribution < -0.4 is 4.72 Å². The molecule has 0 bridgehead atoms. The van der Waals surface area contributed by atoms with E-state index >= 15 is 0 Å². The van der Waals surface area contributed by atoms with Gasteiger partial charge < -0.3 is 5.11 Å². The maximum absolute atomic E-state index is 12.2. The lowest BCUT2D eigenvalue weighted by atomic mass is 9.84. The lowest BCUT2D eigenvalue weighted by Crippen LogP contribution is -2.46. The van der Waals surface area contributed by atoms with Crippen molar-refractivity contribution in [1.82, 2.24) is 14.5 Å². The summed E-state index contributed by atoms with van der Waals surface area (Å²) in [4.78, 5) is 11.4. The second kappa shape index (κ2) is 5.92. The summed E-state index contributed by atoms with van der Waals surface area (Å²) in [5.74, 6) is -1.27. The smallest absolute Gasteiger partial charge is 0.322 e. The number of carboxylic acid groups (broad SMARTS) is 1. The number of sulfonamides is 1. The van der Waals surface area contributed by atoms with Crippen molar-refractivity contribution in [2.24, 2.45) is 13.0 Å². The molecular weight excluding hydrogens is 282 g/mol. The van der Waals surface area contributed by atoms with Crippen LogP contribution in [0.1, 0.15) is 32.1 Å². The van der Waals surface area contributed by atoms with Gasteiger partial charge in [0.25, 0.3) is 10.0 Å². The quantitative estimate of drug-likeness (QED) is 0.835. The fourth-order valence-corrected chi connectivity index (χ4v) is 4.05. The predicted octanol–water partition coefficient (Wildman–Crippen LogP) is 0.732. The van der Waals surface area contributed by atoms with E-state index in [4.69, 9.17) is 0 Å². The molecule has 2 rings (SSSR count). The van der Waals surface area contributed by atoms with E-state index in [1.807, 2.05) is 0 Å². The normalized spacial score (nSPS) is 18.9. The summed E-state index contributed by atoms with van der Waals surface area (Å²) >= 11 is 0. The van der Waals surface area contributed by atoms with Crippen LogP contribution in [0.4, 0.5) is 0 Å². The molecule has 112 valence electrons. The molecule has 0 aromatic carbocycles. The zero-order chi connectivity index (χ0) is 14.8. The molecule has 7 nitrogen and oxygen atoms in total. The Morgan fingerprint density at radius 3 is 2.60 bits per heavy atom. The summed E-state index contributed by atoms with van der Waals surface area (Å²) in [6, 6.07) is 0.275. The fourth-order valence-electron chi connectivity index (χ4n) is 2.67. The number of hydrogen-bond donors (Lipinski definition) is 2. The molecule has 2 N–H and O–H groups in total. The van der Waals surface area contributed by atoms with E-state index in [1.165, 1.54) is 24.0 Å². The van der Waals surface area contributed by atoms with Gasteiger partial charge >= 0.3 is 5.97 Å². The van der Waals surface area contributed by atoms with Gasteiger partial charge in [-0.25, -0.2) is 8.42 Å². The molecular formula is C12H19N3O4S. The van der Waals surface area contributed by atoms with Crippen LogP contribution in [-0.2, 0) is 21.9 Å². The van der Waals surface area contributed by atoms with Crippen LogP contribution in [0.25, 0.3) is 0 Å². The van der Waals surface area contributed by atoms with Crippen LogP contribution in [0.15, 0.2) is 17.3 Å². The van der Waals surface area contributed by atoms with E-state index in [1.54, 1.807) is 0 Å². The first-order valence-electron chi connectivity index (χ1n) is 6.65. The first kappa shape index (κ1) is 15.0. The van der Waals surface area contributed by atoms with Crippen LogP contribution in [-0.4, -0.2) is 35.3 Å². The third-order valence-corrected chi connectivity index (χ3v) is 5.24. The van der Waals surface area contributed by atoms with Crippen LogP contribution >= 0.6 is 0 Å². The van der Waals surface area contributed by atoms with Crippen LogP contribution in [0, 0.1) is 5.92 Å². The number of aromatic nitrogens is 2. The molecule has 1 aliphatic carbocycles. The summed E-state index contributed by atoms with van der Waals surface area (Å²) in [5.41, 5.74) is 0. The van der Waals surface area contributed by atoms with Crippen molar-refractivity contribution in [2.45, 2.75) is 43.2 Å². The minimum atomic E-state index is -3.87. The second-order valence-electron chi connectivity index (χ2n) is 5.13. The summed E-state index contributed by atoms with van der Waals surface area (Å²) in [6.07, 6.45) is 5.82. The number of nitrogens with one attached hydrogen (secondary N) is 1. The number of aryl methyl sites for hydroxylation is 1. The Morgan fingerprint density at radius 2 is 2.10 bits per heavy atom. The molecule has 8 heteroatoms. The molecule has 0 spiro atoms. The topological polar surface area (TPSA) is 101 Å². The average molecular weight is 301 g/mol. The van der Waals surface area contributed by atoms with E-state index in [2.05, 4.69) is 9.82 Å². The summed E-state index contributed by atoms with van der Waals surface area (Å²) in [7, 11) is -2.37. The average Bonchev–Trinajstić information content (AvgIpc) is 2.84. The maximum Gasteiger partial charge on any atom is 0.322 e. The van der Waals surface area contributed by atoms with E-state index in [-0.39, 0.29) is 10.9 Å². The molecule has 1 unspecified atom stereocenters. The van der Waals surface area contributed by atoms with Crippen molar-refractivity contribution >= 4 is 16.0 Å². The van der Waals surface area contributed by atoms with Gasteiger partial charge in [-0.2, -0.15) is 9.82 Å². The van der Waals surface area contributed by atoms with Gasteiger partial charge in [0.1, 0.15) is 6.04 Å². The summed E-state index contributed by atoms with van der Waals surface area (Å²) in [6.45, 7) is 0. The Balaban J connectivity index is 2.19. The third kappa shape index (κ3) is 3.18. The minimum absolute atomic E-state index is 0.0282. The minimum Gasteiger partial charge on any atom is -0.480 e. The SMILES string of the molecule is Cn1nccc1S(=O)(=O)NC(C(=O)O)C1CCCCC1. The Morgan fingerprint density at radius 1 is 1.45 bits per heavy atom. The van der Waals surface area contributed by atoms with Gasteiger partial charge in [-0.1, -0.05) is 19.3 Å². The number of rotatable bonds is 5.